The summed E-state index contributed by atoms with van der Waals surface area (Å²) in [6.07, 6.45) is 1.65. The number of hydrogen-bond acceptors (Lipinski definition) is 6. The van der Waals surface area contributed by atoms with Crippen molar-refractivity contribution in [3.05, 3.63) is 135 Å². The summed E-state index contributed by atoms with van der Waals surface area (Å²) in [5.74, 6) is -7.73. The van der Waals surface area contributed by atoms with Gasteiger partial charge in [0.2, 0.25) is 5.78 Å². The van der Waals surface area contributed by atoms with E-state index in [-0.39, 0.29) is 37.2 Å². The summed E-state index contributed by atoms with van der Waals surface area (Å²) in [6, 6.07) is 16.3. The van der Waals surface area contributed by atoms with Crippen LogP contribution in [-0.2, 0) is 22.6 Å². The Balaban J connectivity index is 1.37. The minimum absolute atomic E-state index is 0.167. The van der Waals surface area contributed by atoms with Gasteiger partial charge in [-0.3, -0.25) is 14.4 Å². The number of carbonyl (C=O) groups is 2. The summed E-state index contributed by atoms with van der Waals surface area (Å²) < 4.78 is 56.9. The summed E-state index contributed by atoms with van der Waals surface area (Å²) in [7, 11) is 3.89. The lowest BCUT2D eigenvalue weighted by atomic mass is 10.0. The van der Waals surface area contributed by atoms with Gasteiger partial charge in [0.1, 0.15) is 11.6 Å². The van der Waals surface area contributed by atoms with E-state index < -0.39 is 51.8 Å². The average molecular weight is 649 g/mol. The van der Waals surface area contributed by atoms with Gasteiger partial charge < -0.3 is 24.4 Å². The molecule has 0 unspecified atom stereocenters. The Labute approximate surface area is 268 Å². The lowest BCUT2D eigenvalue weighted by molar-refractivity contribution is -0.142. The molecule has 0 aliphatic carbocycles. The molecule has 0 spiro atoms. The van der Waals surface area contributed by atoms with Gasteiger partial charge in [0, 0.05) is 70.3 Å². The Morgan fingerprint density at radius 3 is 2.23 bits per heavy atom. The maximum Gasteiger partial charge on any atom is 0.294 e. The number of ketones is 1. The van der Waals surface area contributed by atoms with Crippen LogP contribution < -0.4 is 15.4 Å². The molecule has 4 aromatic rings. The maximum absolute atomic E-state index is 14.5. The fourth-order valence-corrected chi connectivity index (χ4v) is 5.40. The first-order valence-electron chi connectivity index (χ1n) is 14.8. The topological polar surface area (TPSA) is 86.1 Å². The van der Waals surface area contributed by atoms with Gasteiger partial charge in [-0.1, -0.05) is 18.2 Å². The van der Waals surface area contributed by atoms with Crippen molar-refractivity contribution in [1.29, 1.82) is 0 Å². The lowest BCUT2D eigenvalue weighted by Gasteiger charge is -2.35. The molecule has 0 saturated carbocycles. The Morgan fingerprint density at radius 1 is 0.872 bits per heavy atom. The number of amides is 1. The predicted molar refractivity (Wildman–Crippen MR) is 171 cm³/mol. The number of carbonyl (C=O) groups excluding carboxylic acids is 2. The van der Waals surface area contributed by atoms with E-state index in [0.29, 0.717) is 24.7 Å². The number of anilines is 2. The molecule has 0 atom stereocenters. The third-order valence-electron chi connectivity index (χ3n) is 7.95. The predicted octanol–water partition coefficient (Wildman–Crippen LogP) is 4.93. The molecule has 47 heavy (non-hydrogen) atoms. The van der Waals surface area contributed by atoms with Crippen LogP contribution >= 0.6 is 0 Å². The quantitative estimate of drug-likeness (QED) is 0.0912. The molecule has 1 amide bonds. The summed E-state index contributed by atoms with van der Waals surface area (Å²) >= 11 is 0. The first kappa shape index (κ1) is 33.0. The van der Waals surface area contributed by atoms with Crippen molar-refractivity contribution in [2.24, 2.45) is 0 Å². The first-order valence-corrected chi connectivity index (χ1v) is 14.8. The highest BCUT2D eigenvalue weighted by Gasteiger charge is 2.26. The highest BCUT2D eigenvalue weighted by Crippen LogP contribution is 2.22. The molecule has 244 valence electrons. The minimum Gasteiger partial charge on any atom is -0.507 e. The van der Waals surface area contributed by atoms with Gasteiger partial charge in [-0.25, -0.2) is 17.6 Å². The molecule has 1 saturated heterocycles. The van der Waals surface area contributed by atoms with Crippen molar-refractivity contribution in [3.8, 4) is 0 Å². The van der Waals surface area contributed by atoms with Gasteiger partial charge in [-0.05, 0) is 65.2 Å². The van der Waals surface area contributed by atoms with E-state index >= 15 is 0 Å². The zero-order valence-electron chi connectivity index (χ0n) is 25.7. The third kappa shape index (κ3) is 7.54. The van der Waals surface area contributed by atoms with Crippen LogP contribution in [0.2, 0.25) is 0 Å². The molecule has 1 aliphatic heterocycles. The molecule has 1 fully saturated rings. The van der Waals surface area contributed by atoms with Crippen LogP contribution in [0.5, 0.6) is 0 Å². The molecule has 1 aliphatic rings. The molecule has 1 N–H and O–H groups in total. The van der Waals surface area contributed by atoms with Gasteiger partial charge >= 0.3 is 0 Å². The van der Waals surface area contributed by atoms with Gasteiger partial charge in [0.15, 0.2) is 17.5 Å². The van der Waals surface area contributed by atoms with E-state index in [1.165, 1.54) is 35.4 Å². The van der Waals surface area contributed by atoms with Crippen LogP contribution in [0.25, 0.3) is 5.76 Å². The van der Waals surface area contributed by atoms with Gasteiger partial charge in [0.05, 0.1) is 12.1 Å². The summed E-state index contributed by atoms with van der Waals surface area (Å²) in [6.45, 7) is 1.29. The number of benzene rings is 3. The average Bonchev–Trinajstić information content (AvgIpc) is 3.06. The molecule has 0 bridgehead atoms. The number of halogens is 4. The van der Waals surface area contributed by atoms with Crippen LogP contribution in [0.4, 0.5) is 28.9 Å². The molecule has 3 aromatic carbocycles. The van der Waals surface area contributed by atoms with E-state index in [1.54, 1.807) is 6.07 Å². The van der Waals surface area contributed by atoms with E-state index in [9.17, 15) is 37.1 Å². The highest BCUT2D eigenvalue weighted by molar-refractivity contribution is 6.41. The molecule has 5 rings (SSSR count). The zero-order valence-corrected chi connectivity index (χ0v) is 25.7. The number of pyridine rings is 1. The number of hydrogen-bond donors (Lipinski definition) is 1. The molecule has 1 aromatic heterocycles. The second-order valence-electron chi connectivity index (χ2n) is 11.4. The minimum atomic E-state index is -1.66. The van der Waals surface area contributed by atoms with Crippen LogP contribution in [0.3, 0.4) is 0 Å². The second kappa shape index (κ2) is 13.9. The fraction of sp³-hybridized carbons (Fsp3) is 0.229. The Hall–Kier alpha value is -5.39. The molecule has 8 nitrogen and oxygen atoms in total. The Morgan fingerprint density at radius 2 is 1.57 bits per heavy atom. The zero-order chi connectivity index (χ0) is 33.8. The first-order chi connectivity index (χ1) is 22.4. The molecular weight excluding hydrogens is 616 g/mol. The van der Waals surface area contributed by atoms with Gasteiger partial charge in [0.25, 0.3) is 11.5 Å². The maximum atomic E-state index is 14.5. The second-order valence-corrected chi connectivity index (χ2v) is 11.4. The number of rotatable bonds is 9. The van der Waals surface area contributed by atoms with Crippen LogP contribution in [0.15, 0.2) is 83.8 Å². The fourth-order valence-electron chi connectivity index (χ4n) is 5.40. The summed E-state index contributed by atoms with van der Waals surface area (Å²) in [4.78, 5) is 44.9. The molecular formula is C35H32F4N4O4. The number of aliphatic hydroxyl groups excluding tert-OH is 1. The SMILES string of the molecule is CN(C)c1ccc(N2CCN(C(=O)C(=O)/C=C(/O)c3cc(Cc4ccc(F)c(F)c4F)cn(Cc4cccc(F)c4)c3=O)CC2)cc1. The highest BCUT2D eigenvalue weighted by atomic mass is 19.2. The monoisotopic (exact) mass is 648 g/mol. The van der Waals surface area contributed by atoms with Crippen molar-refractivity contribution in [2.45, 2.75) is 13.0 Å². The number of aromatic nitrogens is 1. The smallest absolute Gasteiger partial charge is 0.294 e. The van der Waals surface area contributed by atoms with Crippen molar-refractivity contribution in [2.75, 3.05) is 50.1 Å². The third-order valence-corrected chi connectivity index (χ3v) is 7.95. The van der Waals surface area contributed by atoms with Gasteiger partial charge in [-0.2, -0.15) is 0 Å². The number of aliphatic hydroxyl groups is 1. The lowest BCUT2D eigenvalue weighted by Crippen LogP contribution is -2.50. The summed E-state index contributed by atoms with van der Waals surface area (Å²) in [5, 5.41) is 10.9. The summed E-state index contributed by atoms with van der Waals surface area (Å²) in [5.41, 5.74) is 1.19. The number of nitrogens with zero attached hydrogens (tertiary/aromatic N) is 4. The Kier molecular flexibility index (Phi) is 9.78. The van der Waals surface area contributed by atoms with Crippen molar-refractivity contribution < 1.29 is 32.3 Å². The van der Waals surface area contributed by atoms with Crippen LogP contribution in [-0.4, -0.2) is 66.5 Å². The van der Waals surface area contributed by atoms with E-state index in [1.807, 2.05) is 43.3 Å². The van der Waals surface area contributed by atoms with Gasteiger partial charge in [-0.15, -0.1) is 0 Å². The normalized spacial score (nSPS) is 13.5. The molecule has 0 radical (unpaired) electrons. The van der Waals surface area contributed by atoms with E-state index in [4.69, 9.17) is 0 Å². The van der Waals surface area contributed by atoms with Crippen molar-refractivity contribution in [3.63, 3.8) is 0 Å². The molecule has 2 heterocycles. The van der Waals surface area contributed by atoms with Crippen LogP contribution in [0, 0.1) is 23.3 Å². The van der Waals surface area contributed by atoms with E-state index in [2.05, 4.69) is 4.90 Å². The largest absolute Gasteiger partial charge is 0.507 e. The number of piperazine rings is 1. The van der Waals surface area contributed by atoms with Crippen molar-refractivity contribution in [1.82, 2.24) is 9.47 Å². The standard InChI is InChI=1S/C35H32F4N4O4/c1-40(2)26-7-9-27(10-8-26)41-12-14-42(15-13-41)35(47)31(45)19-30(44)28-18-23(16-24-6-11-29(37)33(39)32(24)38)21-43(34(28)46)20-22-4-3-5-25(36)17-22/h3-11,17-19,21,44H,12-16,20H2,1-2H3/b30-19+. The van der Waals surface area contributed by atoms with Crippen LogP contribution in [0.1, 0.15) is 22.3 Å². The van der Waals surface area contributed by atoms with Crippen molar-refractivity contribution >= 4 is 28.8 Å². The molecule has 12 heteroatoms. The van der Waals surface area contributed by atoms with E-state index in [0.717, 1.165) is 28.1 Å². The Bertz CT molecular complexity index is 1900.